The van der Waals surface area contributed by atoms with Gasteiger partial charge in [0.2, 0.25) is 5.89 Å². The fourth-order valence-electron chi connectivity index (χ4n) is 4.87. The van der Waals surface area contributed by atoms with Crippen molar-refractivity contribution in [3.05, 3.63) is 47.5 Å². The highest BCUT2D eigenvalue weighted by Gasteiger charge is 2.58. The van der Waals surface area contributed by atoms with Crippen molar-refractivity contribution in [2.24, 2.45) is 0 Å². The van der Waals surface area contributed by atoms with Crippen LogP contribution in [0.1, 0.15) is 54.8 Å². The number of nitriles is 1. The Kier molecular flexibility index (Phi) is 4.72. The Morgan fingerprint density at radius 3 is 2.71 bits per heavy atom. The largest absolute Gasteiger partial charge is 0.381 e. The molecule has 1 aromatic carbocycles. The lowest BCUT2D eigenvalue weighted by atomic mass is 10.1. The van der Waals surface area contributed by atoms with Gasteiger partial charge in [0.1, 0.15) is 11.3 Å². The van der Waals surface area contributed by atoms with Gasteiger partial charge in [-0.1, -0.05) is 5.16 Å². The van der Waals surface area contributed by atoms with Crippen LogP contribution in [0.25, 0.3) is 21.9 Å². The van der Waals surface area contributed by atoms with Gasteiger partial charge in [0, 0.05) is 30.9 Å². The smallest absolute Gasteiger partial charge is 0.248 e. The second kappa shape index (κ2) is 7.58. The van der Waals surface area contributed by atoms with E-state index in [1.54, 1.807) is 12.3 Å². The summed E-state index contributed by atoms with van der Waals surface area (Å²) in [7, 11) is -3.35. The Morgan fingerprint density at radius 1 is 1.21 bits per heavy atom. The first-order valence-corrected chi connectivity index (χ1v) is 13.1. The van der Waals surface area contributed by atoms with Gasteiger partial charge in [0.05, 0.1) is 35.3 Å². The molecule has 10 nitrogen and oxygen atoms in total. The highest BCUT2D eigenvalue weighted by molar-refractivity contribution is 7.91. The molecule has 2 aliphatic rings. The van der Waals surface area contributed by atoms with Crippen molar-refractivity contribution in [1.82, 2.24) is 24.7 Å². The van der Waals surface area contributed by atoms with Crippen LogP contribution in [-0.4, -0.2) is 52.6 Å². The molecule has 1 saturated carbocycles. The molecule has 6 rings (SSSR count). The highest BCUT2D eigenvalue weighted by Crippen LogP contribution is 2.51. The topological polar surface area (TPSA) is 137 Å². The van der Waals surface area contributed by atoms with E-state index in [1.165, 1.54) is 6.26 Å². The molecule has 3 aromatic heterocycles. The first-order valence-electron chi connectivity index (χ1n) is 11.2. The van der Waals surface area contributed by atoms with Gasteiger partial charge < -0.3 is 13.8 Å². The van der Waals surface area contributed by atoms with Crippen LogP contribution in [-0.2, 0) is 25.7 Å². The number of nitrogens with zero attached hydrogens (tertiary/aromatic N) is 6. The number of hydrogen-bond donors (Lipinski definition) is 0. The predicted molar refractivity (Wildman–Crippen MR) is 122 cm³/mol. The lowest BCUT2D eigenvalue weighted by Gasteiger charge is -2.26. The zero-order chi connectivity index (χ0) is 23.5. The third-order valence-corrected chi connectivity index (χ3v) is 8.86. The van der Waals surface area contributed by atoms with Crippen molar-refractivity contribution in [2.45, 2.75) is 42.9 Å². The highest BCUT2D eigenvalue weighted by atomic mass is 32.2. The van der Waals surface area contributed by atoms with Crippen LogP contribution in [0.4, 0.5) is 0 Å². The molecule has 174 valence electrons. The van der Waals surface area contributed by atoms with E-state index in [4.69, 9.17) is 14.2 Å². The fraction of sp³-hybridized carbons (Fsp3) is 0.435. The van der Waals surface area contributed by atoms with Crippen molar-refractivity contribution < 1.29 is 17.7 Å². The normalized spacial score (nSPS) is 18.4. The lowest BCUT2D eigenvalue weighted by Crippen LogP contribution is -2.21. The molecule has 0 radical (unpaired) electrons. The molecule has 2 fully saturated rings. The molecule has 1 aliphatic heterocycles. The van der Waals surface area contributed by atoms with E-state index in [9.17, 15) is 13.7 Å². The first-order chi connectivity index (χ1) is 16.4. The monoisotopic (exact) mass is 478 g/mol. The van der Waals surface area contributed by atoms with Gasteiger partial charge in [0.25, 0.3) is 0 Å². The predicted octanol–water partition coefficient (Wildman–Crippen LogP) is 2.82. The number of aromatic nitrogens is 5. The molecular weight excluding hydrogens is 456 g/mol. The number of ether oxygens (including phenoxy) is 1. The molecule has 0 atom stereocenters. The van der Waals surface area contributed by atoms with E-state index < -0.39 is 14.6 Å². The number of benzene rings is 1. The summed E-state index contributed by atoms with van der Waals surface area (Å²) in [6, 6.07) is 7.81. The number of fused-ring (bicyclic) bond motifs is 3. The molecule has 34 heavy (non-hydrogen) atoms. The number of hydrogen-bond acceptors (Lipinski definition) is 9. The molecule has 4 aromatic rings. The minimum Gasteiger partial charge on any atom is -0.381 e. The Bertz CT molecular complexity index is 1570. The molecule has 0 unspecified atom stereocenters. The van der Waals surface area contributed by atoms with Crippen LogP contribution >= 0.6 is 0 Å². The van der Waals surface area contributed by atoms with E-state index in [1.807, 2.05) is 12.1 Å². The summed E-state index contributed by atoms with van der Waals surface area (Å²) in [5.41, 5.74) is 2.99. The molecule has 0 spiro atoms. The van der Waals surface area contributed by atoms with Crippen LogP contribution in [0, 0.1) is 11.3 Å². The maximum absolute atomic E-state index is 12.3. The van der Waals surface area contributed by atoms with Crippen molar-refractivity contribution in [3.8, 4) is 6.07 Å². The fourth-order valence-corrected chi connectivity index (χ4v) is 6.11. The van der Waals surface area contributed by atoms with Gasteiger partial charge in [-0.05, 0) is 43.9 Å². The molecule has 0 amide bonds. The van der Waals surface area contributed by atoms with E-state index >= 15 is 0 Å². The number of imidazole rings is 1. The summed E-state index contributed by atoms with van der Waals surface area (Å²) >= 11 is 0. The van der Waals surface area contributed by atoms with E-state index in [-0.39, 0.29) is 18.4 Å². The minimum absolute atomic E-state index is 0.155. The van der Waals surface area contributed by atoms with Crippen LogP contribution in [0.2, 0.25) is 0 Å². The van der Waals surface area contributed by atoms with Crippen LogP contribution in [0.5, 0.6) is 0 Å². The molecule has 0 bridgehead atoms. The average molecular weight is 479 g/mol. The molecular formula is C23H22N6O4S. The minimum atomic E-state index is -3.35. The number of sulfone groups is 1. The molecule has 11 heteroatoms. The van der Waals surface area contributed by atoms with Crippen molar-refractivity contribution in [2.75, 3.05) is 19.5 Å². The first kappa shape index (κ1) is 21.2. The Morgan fingerprint density at radius 2 is 2.00 bits per heavy atom. The van der Waals surface area contributed by atoms with Crippen molar-refractivity contribution in [3.63, 3.8) is 0 Å². The van der Waals surface area contributed by atoms with Crippen LogP contribution < -0.4 is 0 Å². The second-order valence-corrected chi connectivity index (χ2v) is 11.4. The Labute approximate surface area is 195 Å². The Balaban J connectivity index is 1.48. The maximum Gasteiger partial charge on any atom is 0.248 e. The quantitative estimate of drug-likeness (QED) is 0.424. The van der Waals surface area contributed by atoms with Gasteiger partial charge in [-0.25, -0.2) is 13.4 Å². The van der Waals surface area contributed by atoms with E-state index in [0.29, 0.717) is 37.4 Å². The zero-order valence-corrected chi connectivity index (χ0v) is 19.4. The molecule has 4 heterocycles. The molecule has 1 aliphatic carbocycles. The number of rotatable bonds is 5. The second-order valence-electron chi connectivity index (χ2n) is 9.04. The summed E-state index contributed by atoms with van der Waals surface area (Å²) < 4.78 is 36.6. The van der Waals surface area contributed by atoms with Crippen molar-refractivity contribution in [1.29, 1.82) is 5.26 Å². The molecule has 1 saturated heterocycles. The van der Waals surface area contributed by atoms with Gasteiger partial charge >= 0.3 is 0 Å². The molecule has 0 N–H and O–H groups in total. The van der Waals surface area contributed by atoms with E-state index in [0.717, 1.165) is 40.6 Å². The van der Waals surface area contributed by atoms with Gasteiger partial charge in [-0.15, -0.1) is 0 Å². The zero-order valence-electron chi connectivity index (χ0n) is 18.6. The van der Waals surface area contributed by atoms with Crippen LogP contribution in [0.3, 0.4) is 0 Å². The van der Waals surface area contributed by atoms with Crippen LogP contribution in [0.15, 0.2) is 28.9 Å². The van der Waals surface area contributed by atoms with Crippen molar-refractivity contribution >= 4 is 31.8 Å². The van der Waals surface area contributed by atoms with E-state index in [2.05, 4.69) is 25.8 Å². The van der Waals surface area contributed by atoms with Gasteiger partial charge in [0.15, 0.2) is 20.4 Å². The number of pyridine rings is 1. The summed E-state index contributed by atoms with van der Waals surface area (Å²) in [6.07, 6.45) is 5.88. The van der Waals surface area contributed by atoms with Gasteiger partial charge in [-0.2, -0.15) is 10.2 Å². The summed E-state index contributed by atoms with van der Waals surface area (Å²) in [6.45, 7) is 1.30. The summed E-state index contributed by atoms with van der Waals surface area (Å²) in [5, 5.41) is 14.4. The average Bonchev–Trinajstić information content (AvgIpc) is 3.40. The Hall–Kier alpha value is -3.36. The maximum atomic E-state index is 12.3. The lowest BCUT2D eigenvalue weighted by molar-refractivity contribution is 0.0700. The third kappa shape index (κ3) is 3.28. The SMILES string of the molecule is CS(=O)(=O)C1(c2nc(Cc3nc4cnc5ccc(C#N)cc5c4n3C3CCOCC3)no2)CC1. The summed E-state index contributed by atoms with van der Waals surface area (Å²) in [5.74, 6) is 1.29. The standard InChI is InChI=1S/C23H22N6O4S/c1-34(30,31)23(6-7-23)22-27-19(28-33-22)11-20-26-18-13-25-17-3-2-14(12-24)10-16(17)21(18)29(20)15-4-8-32-9-5-15/h2-3,10,13,15H,4-9,11H2,1H3. The van der Waals surface area contributed by atoms with Gasteiger partial charge in [-0.3, -0.25) is 4.98 Å². The third-order valence-electron chi connectivity index (χ3n) is 6.86. The summed E-state index contributed by atoms with van der Waals surface area (Å²) in [4.78, 5) is 13.9.